The minimum atomic E-state index is -0.917. The zero-order valence-electron chi connectivity index (χ0n) is 11.6. The molecule has 3 N–H and O–H groups in total. The van der Waals surface area contributed by atoms with Gasteiger partial charge in [-0.2, -0.15) is 0 Å². The Morgan fingerprint density at radius 3 is 2.57 bits per heavy atom. The van der Waals surface area contributed by atoms with Crippen LogP contribution in [0.4, 0.5) is 4.79 Å². The van der Waals surface area contributed by atoms with E-state index in [1.807, 2.05) is 18.2 Å². The summed E-state index contributed by atoms with van der Waals surface area (Å²) in [4.78, 5) is 22.8. The van der Waals surface area contributed by atoms with Gasteiger partial charge in [0, 0.05) is 22.5 Å². The van der Waals surface area contributed by atoms with Crippen molar-refractivity contribution in [3.05, 3.63) is 28.7 Å². The summed E-state index contributed by atoms with van der Waals surface area (Å²) in [6.07, 6.45) is 1.83. The van der Waals surface area contributed by atoms with Crippen LogP contribution < -0.4 is 10.6 Å². The number of amides is 2. The average molecular weight is 375 g/mol. The molecule has 0 atom stereocenters. The van der Waals surface area contributed by atoms with Crippen LogP contribution in [-0.4, -0.2) is 35.9 Å². The molecule has 5 nitrogen and oxygen atoms in total. The Kier molecular flexibility index (Phi) is 8.93. The van der Waals surface area contributed by atoms with Crippen LogP contribution >= 0.6 is 27.7 Å². The Hall–Kier alpha value is -1.21. The lowest BCUT2D eigenvalue weighted by Crippen LogP contribution is -2.37. The molecular formula is C14H19BrN2O3S. The fourth-order valence-corrected chi connectivity index (χ4v) is 3.10. The second-order valence-corrected chi connectivity index (χ2v) is 6.30. The third kappa shape index (κ3) is 8.62. The molecule has 21 heavy (non-hydrogen) atoms. The van der Waals surface area contributed by atoms with Gasteiger partial charge in [0.1, 0.15) is 0 Å². The summed E-state index contributed by atoms with van der Waals surface area (Å²) in [5.74, 6) is 0.0738. The summed E-state index contributed by atoms with van der Waals surface area (Å²) in [6, 6.07) is 7.78. The van der Waals surface area contributed by atoms with Crippen molar-refractivity contribution in [1.29, 1.82) is 0 Å². The smallest absolute Gasteiger partial charge is 0.314 e. The number of carboxylic acids is 1. The van der Waals surface area contributed by atoms with Gasteiger partial charge in [0.25, 0.3) is 0 Å². The summed E-state index contributed by atoms with van der Waals surface area (Å²) in [5.41, 5.74) is 0. The number of hydrogen-bond acceptors (Lipinski definition) is 3. The number of halogens is 1. The van der Waals surface area contributed by atoms with Gasteiger partial charge in [0.2, 0.25) is 0 Å². The highest BCUT2D eigenvalue weighted by Gasteiger charge is 2.02. The van der Waals surface area contributed by atoms with Crippen LogP contribution in [0, 0.1) is 0 Å². The Balaban J connectivity index is 2.01. The Bertz CT molecular complexity index is 471. The molecule has 0 radical (unpaired) electrons. The van der Waals surface area contributed by atoms with Crippen molar-refractivity contribution in [3.8, 4) is 0 Å². The Labute approximate surface area is 137 Å². The number of nitrogens with one attached hydrogen (secondary N) is 2. The van der Waals surface area contributed by atoms with E-state index in [1.165, 1.54) is 4.90 Å². The number of carboxylic acid groups (broad SMARTS) is 1. The zero-order chi connectivity index (χ0) is 15.5. The lowest BCUT2D eigenvalue weighted by atomic mass is 10.3. The highest BCUT2D eigenvalue weighted by atomic mass is 79.9. The molecule has 0 unspecified atom stereocenters. The maximum Gasteiger partial charge on any atom is 0.314 e. The molecule has 0 saturated carbocycles. The first-order valence-corrected chi connectivity index (χ1v) is 8.48. The van der Waals surface area contributed by atoms with Crippen molar-refractivity contribution in [2.24, 2.45) is 0 Å². The van der Waals surface area contributed by atoms with Gasteiger partial charge in [-0.1, -0.05) is 12.1 Å². The Morgan fingerprint density at radius 2 is 1.86 bits per heavy atom. The van der Waals surface area contributed by atoms with Crippen LogP contribution in [0.1, 0.15) is 19.3 Å². The van der Waals surface area contributed by atoms with Crippen molar-refractivity contribution >= 4 is 39.7 Å². The number of unbranched alkanes of at least 4 members (excludes halogenated alkanes) is 1. The van der Waals surface area contributed by atoms with Crippen LogP contribution in [0.3, 0.4) is 0 Å². The molecule has 0 aliphatic heterocycles. The number of rotatable bonds is 9. The summed E-state index contributed by atoms with van der Waals surface area (Å²) < 4.78 is 1.10. The van der Waals surface area contributed by atoms with E-state index in [-0.39, 0.29) is 19.0 Å². The second-order valence-electron chi connectivity index (χ2n) is 4.31. The first kappa shape index (κ1) is 17.8. The molecule has 116 valence electrons. The highest BCUT2D eigenvalue weighted by Crippen LogP contribution is 2.27. The van der Waals surface area contributed by atoms with Crippen molar-refractivity contribution in [1.82, 2.24) is 10.6 Å². The molecule has 1 aromatic rings. The minimum Gasteiger partial charge on any atom is -0.481 e. The first-order valence-electron chi connectivity index (χ1n) is 6.70. The topological polar surface area (TPSA) is 78.4 Å². The molecule has 0 aliphatic carbocycles. The number of hydrogen-bond donors (Lipinski definition) is 3. The largest absolute Gasteiger partial charge is 0.481 e. The number of benzene rings is 1. The second kappa shape index (κ2) is 10.5. The Morgan fingerprint density at radius 1 is 1.14 bits per heavy atom. The van der Waals surface area contributed by atoms with Crippen molar-refractivity contribution in [2.45, 2.75) is 24.2 Å². The maximum atomic E-state index is 11.3. The van der Waals surface area contributed by atoms with Crippen molar-refractivity contribution in [2.75, 3.05) is 18.8 Å². The maximum absolute atomic E-state index is 11.3. The number of carbonyl (C=O) groups is 2. The SMILES string of the molecule is O=C(O)CCNC(=O)NCCCCSc1ccccc1Br. The number of urea groups is 1. The summed E-state index contributed by atoms with van der Waals surface area (Å²) in [7, 11) is 0. The van der Waals surface area contributed by atoms with E-state index < -0.39 is 5.97 Å². The zero-order valence-corrected chi connectivity index (χ0v) is 14.0. The van der Waals surface area contributed by atoms with Gasteiger partial charge in [-0.05, 0) is 46.7 Å². The van der Waals surface area contributed by atoms with Crippen LogP contribution in [0.5, 0.6) is 0 Å². The third-order valence-corrected chi connectivity index (χ3v) is 4.69. The molecule has 0 fully saturated rings. The van der Waals surface area contributed by atoms with Gasteiger partial charge in [-0.25, -0.2) is 4.79 Å². The van der Waals surface area contributed by atoms with Crippen LogP contribution in [-0.2, 0) is 4.79 Å². The molecular weight excluding hydrogens is 356 g/mol. The molecule has 0 aromatic heterocycles. The summed E-state index contributed by atoms with van der Waals surface area (Å²) in [5, 5.41) is 13.6. The lowest BCUT2D eigenvalue weighted by molar-refractivity contribution is -0.136. The van der Waals surface area contributed by atoms with E-state index >= 15 is 0 Å². The molecule has 0 spiro atoms. The number of carbonyl (C=O) groups excluding carboxylic acids is 1. The van der Waals surface area contributed by atoms with Gasteiger partial charge in [0.05, 0.1) is 6.42 Å². The van der Waals surface area contributed by atoms with Gasteiger partial charge < -0.3 is 15.7 Å². The van der Waals surface area contributed by atoms with Crippen LogP contribution in [0.2, 0.25) is 0 Å². The van der Waals surface area contributed by atoms with Gasteiger partial charge in [0.15, 0.2) is 0 Å². The fourth-order valence-electron chi connectivity index (χ4n) is 1.52. The monoisotopic (exact) mass is 374 g/mol. The highest BCUT2D eigenvalue weighted by molar-refractivity contribution is 9.10. The molecule has 0 bridgehead atoms. The van der Waals surface area contributed by atoms with Crippen molar-refractivity contribution in [3.63, 3.8) is 0 Å². The molecule has 0 aliphatic rings. The van der Waals surface area contributed by atoms with Crippen LogP contribution in [0.15, 0.2) is 33.6 Å². The van der Waals surface area contributed by atoms with E-state index in [9.17, 15) is 9.59 Å². The molecule has 1 rings (SSSR count). The van der Waals surface area contributed by atoms with E-state index in [0.717, 1.165) is 23.1 Å². The lowest BCUT2D eigenvalue weighted by Gasteiger charge is -2.07. The third-order valence-electron chi connectivity index (χ3n) is 2.58. The predicted octanol–water partition coefficient (Wildman–Crippen LogP) is 3.10. The van der Waals surface area contributed by atoms with Gasteiger partial charge >= 0.3 is 12.0 Å². The first-order chi connectivity index (χ1) is 10.1. The molecule has 2 amide bonds. The van der Waals surface area contributed by atoms with Crippen LogP contribution in [0.25, 0.3) is 0 Å². The van der Waals surface area contributed by atoms with E-state index in [0.29, 0.717) is 6.54 Å². The summed E-state index contributed by atoms with van der Waals surface area (Å²) in [6.45, 7) is 0.745. The number of aliphatic carboxylic acids is 1. The standard InChI is InChI=1S/C14H19BrN2O3S/c15-11-5-1-2-6-12(11)21-10-4-3-8-16-14(20)17-9-7-13(18)19/h1-2,5-6H,3-4,7-10H2,(H,18,19)(H2,16,17,20). The summed E-state index contributed by atoms with van der Waals surface area (Å²) >= 11 is 5.29. The predicted molar refractivity (Wildman–Crippen MR) is 87.8 cm³/mol. The normalized spacial score (nSPS) is 10.1. The number of thioether (sulfide) groups is 1. The van der Waals surface area contributed by atoms with Gasteiger partial charge in [-0.15, -0.1) is 11.8 Å². The quantitative estimate of drug-likeness (QED) is 0.458. The van der Waals surface area contributed by atoms with Crippen molar-refractivity contribution < 1.29 is 14.7 Å². The fraction of sp³-hybridized carbons (Fsp3) is 0.429. The molecule has 0 saturated heterocycles. The molecule has 7 heteroatoms. The van der Waals surface area contributed by atoms with Gasteiger partial charge in [-0.3, -0.25) is 4.79 Å². The molecule has 1 aromatic carbocycles. The van der Waals surface area contributed by atoms with E-state index in [1.54, 1.807) is 11.8 Å². The molecule has 0 heterocycles. The minimum absolute atomic E-state index is 0.0595. The van der Waals surface area contributed by atoms with E-state index in [2.05, 4.69) is 32.6 Å². The van der Waals surface area contributed by atoms with E-state index in [4.69, 9.17) is 5.11 Å². The average Bonchev–Trinajstić information content (AvgIpc) is 2.44.